The zero-order valence-corrected chi connectivity index (χ0v) is 20.0. The summed E-state index contributed by atoms with van der Waals surface area (Å²) in [5.74, 6) is -0.267. The van der Waals surface area contributed by atoms with E-state index in [1.54, 1.807) is 13.0 Å². The first-order valence-corrected chi connectivity index (χ1v) is 11.8. The monoisotopic (exact) mass is 450 g/mol. The van der Waals surface area contributed by atoms with Crippen molar-refractivity contribution in [3.8, 4) is 0 Å². The highest BCUT2D eigenvalue weighted by molar-refractivity contribution is 8.14. The first-order valence-electron chi connectivity index (χ1n) is 10.8. The van der Waals surface area contributed by atoms with Crippen LogP contribution in [0.4, 0.5) is 0 Å². The van der Waals surface area contributed by atoms with E-state index < -0.39 is 23.0 Å². The number of amides is 1. The van der Waals surface area contributed by atoms with Crippen molar-refractivity contribution in [2.45, 2.75) is 71.2 Å². The van der Waals surface area contributed by atoms with Crippen LogP contribution in [0.15, 0.2) is 39.0 Å². The largest absolute Gasteiger partial charge is 0.426 e. The zero-order valence-electron chi connectivity index (χ0n) is 19.2. The lowest BCUT2D eigenvalue weighted by molar-refractivity contribution is -0.169. The number of thioether (sulfide) groups is 1. The van der Waals surface area contributed by atoms with Gasteiger partial charge in [-0.25, -0.2) is 4.79 Å². The minimum Gasteiger partial charge on any atom is -0.426 e. The van der Waals surface area contributed by atoms with Crippen molar-refractivity contribution in [2.75, 3.05) is 19.0 Å². The Labute approximate surface area is 188 Å². The van der Waals surface area contributed by atoms with Crippen molar-refractivity contribution in [3.63, 3.8) is 0 Å². The number of carbonyl (C=O) groups is 1. The molecule has 0 aromatic carbocycles. The summed E-state index contributed by atoms with van der Waals surface area (Å²) in [7, 11) is 0. The summed E-state index contributed by atoms with van der Waals surface area (Å²) in [6.45, 7) is 14.1. The number of nitrogens with one attached hydrogen (secondary N) is 1. The second kappa shape index (κ2) is 11.1. The van der Waals surface area contributed by atoms with Gasteiger partial charge in [-0.2, -0.15) is 0 Å². The molecule has 8 heteroatoms. The molecule has 1 N–H and O–H groups in total. The third-order valence-corrected chi connectivity index (χ3v) is 6.45. The standard InChI is InChI=1S/C23H34N2O5S/c1-7-11-16-13-18(30-19(26)14-16)17(12-8-2)24-20(27)22(5)15-31-21(25-22)23(6,28-9-3)29-10-4/h7,13-14,17H,1,8-12,15H2,2-6H3,(H,24,27)/t17?,22-/m0/s1. The Morgan fingerprint density at radius 2 is 2.06 bits per heavy atom. The molecule has 172 valence electrons. The smallest absolute Gasteiger partial charge is 0.336 e. The second-order valence-electron chi connectivity index (χ2n) is 7.79. The normalized spacial score (nSPS) is 19.7. The van der Waals surface area contributed by atoms with Gasteiger partial charge in [-0.1, -0.05) is 19.4 Å². The van der Waals surface area contributed by atoms with Crippen molar-refractivity contribution in [1.29, 1.82) is 0 Å². The van der Waals surface area contributed by atoms with Gasteiger partial charge in [0.1, 0.15) is 16.3 Å². The molecule has 2 rings (SSSR count). The molecule has 7 nitrogen and oxygen atoms in total. The van der Waals surface area contributed by atoms with Crippen molar-refractivity contribution >= 4 is 22.7 Å². The summed E-state index contributed by atoms with van der Waals surface area (Å²) in [4.78, 5) is 30.0. The Morgan fingerprint density at radius 3 is 2.65 bits per heavy atom. The van der Waals surface area contributed by atoms with E-state index in [0.29, 0.717) is 42.6 Å². The van der Waals surface area contributed by atoms with Crippen molar-refractivity contribution < 1.29 is 18.7 Å². The topological polar surface area (TPSA) is 90.1 Å². The van der Waals surface area contributed by atoms with Gasteiger partial charge in [-0.05, 0) is 52.2 Å². The Morgan fingerprint density at radius 1 is 1.39 bits per heavy atom. The lowest BCUT2D eigenvalue weighted by Gasteiger charge is -2.28. The number of rotatable bonds is 12. The highest BCUT2D eigenvalue weighted by atomic mass is 32.2. The average Bonchev–Trinajstić information content (AvgIpc) is 3.12. The number of allylic oxidation sites excluding steroid dienone is 1. The van der Waals surface area contributed by atoms with Crippen LogP contribution in [0.2, 0.25) is 0 Å². The maximum atomic E-state index is 13.3. The van der Waals surface area contributed by atoms with E-state index in [1.165, 1.54) is 17.8 Å². The van der Waals surface area contributed by atoms with Crippen LogP contribution in [0.3, 0.4) is 0 Å². The highest BCUT2D eigenvalue weighted by Gasteiger charge is 2.45. The molecule has 0 saturated heterocycles. The number of hydrogen-bond donors (Lipinski definition) is 1. The minimum absolute atomic E-state index is 0.222. The Kier molecular flexibility index (Phi) is 9.09. The molecular formula is C23H34N2O5S. The van der Waals surface area contributed by atoms with Crippen molar-refractivity contribution in [3.05, 3.63) is 46.5 Å². The third-order valence-electron chi connectivity index (χ3n) is 5.01. The van der Waals surface area contributed by atoms with Crippen LogP contribution in [0.1, 0.15) is 64.8 Å². The molecule has 31 heavy (non-hydrogen) atoms. The summed E-state index contributed by atoms with van der Waals surface area (Å²) in [5.41, 5.74) is -0.596. The third kappa shape index (κ3) is 6.30. The van der Waals surface area contributed by atoms with Gasteiger partial charge in [0.15, 0.2) is 0 Å². The molecule has 2 atom stereocenters. The quantitative estimate of drug-likeness (QED) is 0.382. The van der Waals surface area contributed by atoms with E-state index in [2.05, 4.69) is 11.9 Å². The summed E-state index contributed by atoms with van der Waals surface area (Å²) in [6.07, 6.45) is 3.74. The number of ether oxygens (including phenoxy) is 2. The predicted octanol–water partition coefficient (Wildman–Crippen LogP) is 4.02. The molecule has 1 aliphatic rings. The molecule has 1 unspecified atom stereocenters. The predicted molar refractivity (Wildman–Crippen MR) is 125 cm³/mol. The molecule has 2 heterocycles. The number of aliphatic imine (C=N–C) groups is 1. The summed E-state index contributed by atoms with van der Waals surface area (Å²) < 4.78 is 17.0. The van der Waals surface area contributed by atoms with E-state index in [0.717, 1.165) is 12.0 Å². The van der Waals surface area contributed by atoms with E-state index in [4.69, 9.17) is 18.9 Å². The molecule has 0 aliphatic carbocycles. The van der Waals surface area contributed by atoms with Gasteiger partial charge in [0.25, 0.3) is 0 Å². The molecular weight excluding hydrogens is 416 g/mol. The second-order valence-corrected chi connectivity index (χ2v) is 8.75. The summed E-state index contributed by atoms with van der Waals surface area (Å²) in [5, 5.41) is 3.70. The first kappa shape index (κ1) is 25.4. The minimum atomic E-state index is -0.972. The van der Waals surface area contributed by atoms with Gasteiger partial charge in [0, 0.05) is 25.0 Å². The van der Waals surface area contributed by atoms with Gasteiger partial charge < -0.3 is 19.2 Å². The molecule has 0 bridgehead atoms. The fourth-order valence-corrected chi connectivity index (χ4v) is 4.72. The van der Waals surface area contributed by atoms with Gasteiger partial charge in [0.05, 0.1) is 6.04 Å². The van der Waals surface area contributed by atoms with Gasteiger partial charge in [-0.15, -0.1) is 18.3 Å². The first-order chi connectivity index (χ1) is 14.7. The van der Waals surface area contributed by atoms with E-state index >= 15 is 0 Å². The number of nitrogens with zero attached hydrogens (tertiary/aromatic N) is 1. The SMILES string of the molecule is C=CCc1cc(C(CCC)NC(=O)[C@]2(C)CSC(C(C)(OCC)OCC)=N2)oc(=O)c1. The van der Waals surface area contributed by atoms with Crippen molar-refractivity contribution in [1.82, 2.24) is 5.32 Å². The summed E-state index contributed by atoms with van der Waals surface area (Å²) in [6, 6.07) is 2.84. The zero-order chi connectivity index (χ0) is 23.1. The Hall–Kier alpha value is -1.90. The highest BCUT2D eigenvalue weighted by Crippen LogP contribution is 2.35. The molecule has 0 fully saturated rings. The maximum absolute atomic E-state index is 13.3. The lowest BCUT2D eigenvalue weighted by Crippen LogP contribution is -2.45. The van der Waals surface area contributed by atoms with Crippen LogP contribution in [-0.2, 0) is 20.7 Å². The lowest BCUT2D eigenvalue weighted by atomic mass is 10.0. The van der Waals surface area contributed by atoms with Crippen LogP contribution in [0, 0.1) is 0 Å². The fourth-order valence-electron chi connectivity index (χ4n) is 3.46. The van der Waals surface area contributed by atoms with Gasteiger partial charge in [0.2, 0.25) is 11.7 Å². The van der Waals surface area contributed by atoms with Gasteiger partial charge >= 0.3 is 5.63 Å². The Balaban J connectivity index is 2.27. The van der Waals surface area contributed by atoms with Crippen LogP contribution >= 0.6 is 11.8 Å². The van der Waals surface area contributed by atoms with Crippen LogP contribution in [0.5, 0.6) is 0 Å². The van der Waals surface area contributed by atoms with Crippen LogP contribution in [-0.4, -0.2) is 41.2 Å². The van der Waals surface area contributed by atoms with Crippen LogP contribution in [0.25, 0.3) is 0 Å². The molecule has 1 aromatic rings. The fraction of sp³-hybridized carbons (Fsp3) is 0.609. The van der Waals surface area contributed by atoms with Gasteiger partial charge in [-0.3, -0.25) is 9.79 Å². The van der Waals surface area contributed by atoms with E-state index in [-0.39, 0.29) is 5.91 Å². The van der Waals surface area contributed by atoms with E-state index in [1.807, 2.05) is 33.8 Å². The van der Waals surface area contributed by atoms with Crippen molar-refractivity contribution in [2.24, 2.45) is 4.99 Å². The average molecular weight is 451 g/mol. The molecule has 1 aromatic heterocycles. The molecule has 1 aliphatic heterocycles. The molecule has 0 saturated carbocycles. The number of hydrogen-bond acceptors (Lipinski definition) is 7. The molecule has 1 amide bonds. The van der Waals surface area contributed by atoms with Crippen LogP contribution < -0.4 is 10.9 Å². The maximum Gasteiger partial charge on any atom is 0.336 e. The molecule has 0 spiro atoms. The summed E-state index contributed by atoms with van der Waals surface area (Å²) >= 11 is 1.47. The Bertz CT molecular complexity index is 860. The molecule has 0 radical (unpaired) electrons. The number of carbonyl (C=O) groups excluding carboxylic acids is 1. The van der Waals surface area contributed by atoms with E-state index in [9.17, 15) is 9.59 Å².